The summed E-state index contributed by atoms with van der Waals surface area (Å²) in [5.74, 6) is 0.616. The number of aromatic nitrogens is 2. The van der Waals surface area contributed by atoms with Crippen molar-refractivity contribution in [2.24, 2.45) is 0 Å². The second kappa shape index (κ2) is 5.90. The van der Waals surface area contributed by atoms with Gasteiger partial charge in [-0.3, -0.25) is 0 Å². The van der Waals surface area contributed by atoms with Crippen LogP contribution in [0.25, 0.3) is 0 Å². The number of hydrogen-bond donors (Lipinski definition) is 1. The van der Waals surface area contributed by atoms with E-state index in [4.69, 9.17) is 0 Å². The van der Waals surface area contributed by atoms with Crippen molar-refractivity contribution in [1.29, 1.82) is 0 Å². The largest absolute Gasteiger partial charge is 0.389 e. The monoisotopic (exact) mass is 281 g/mol. The van der Waals surface area contributed by atoms with Gasteiger partial charge in [-0.2, -0.15) is 13.2 Å². The highest BCUT2D eigenvalue weighted by Gasteiger charge is 2.26. The Bertz CT molecular complexity index is 582. The number of rotatable bonds is 4. The number of halogens is 3. The van der Waals surface area contributed by atoms with E-state index in [1.807, 2.05) is 6.92 Å². The summed E-state index contributed by atoms with van der Waals surface area (Å²) in [6, 6.07) is 8.66. The topological polar surface area (TPSA) is 37.8 Å². The lowest BCUT2D eigenvalue weighted by Gasteiger charge is -2.09. The summed E-state index contributed by atoms with van der Waals surface area (Å²) < 4.78 is 36.6. The van der Waals surface area contributed by atoms with Gasteiger partial charge in [0.25, 0.3) is 0 Å². The van der Waals surface area contributed by atoms with Crippen LogP contribution in [0, 0.1) is 6.92 Å². The molecule has 1 aromatic heterocycles. The Balaban J connectivity index is 2.06. The lowest BCUT2D eigenvalue weighted by atomic mass is 10.1. The molecule has 0 bridgehead atoms. The fraction of sp³-hybridized carbons (Fsp3) is 0.286. The average Bonchev–Trinajstić information content (AvgIpc) is 2.36. The van der Waals surface area contributed by atoms with Crippen molar-refractivity contribution >= 4 is 11.5 Å². The molecule has 0 aliphatic rings. The van der Waals surface area contributed by atoms with Crippen molar-refractivity contribution < 1.29 is 13.2 Å². The molecule has 1 N–H and O–H groups in total. The molecule has 0 fully saturated rings. The van der Waals surface area contributed by atoms with Crippen LogP contribution >= 0.6 is 0 Å². The molecule has 0 spiro atoms. The van der Waals surface area contributed by atoms with Crippen molar-refractivity contribution in [3.8, 4) is 0 Å². The highest BCUT2D eigenvalue weighted by Crippen LogP contribution is 2.23. The Labute approximate surface area is 114 Å². The van der Waals surface area contributed by atoms with Gasteiger partial charge in [-0.1, -0.05) is 12.1 Å². The number of hydrogen-bond acceptors (Lipinski definition) is 3. The van der Waals surface area contributed by atoms with Crippen LogP contribution in [0.15, 0.2) is 36.7 Å². The predicted molar refractivity (Wildman–Crippen MR) is 70.9 cm³/mol. The number of alkyl halides is 3. The smallest absolute Gasteiger partial charge is 0.340 e. The van der Waals surface area contributed by atoms with Crippen LogP contribution < -0.4 is 5.32 Å². The molecular formula is C14H14F3N3. The zero-order valence-corrected chi connectivity index (χ0v) is 10.9. The third-order valence-corrected chi connectivity index (χ3v) is 2.70. The molecule has 1 aromatic carbocycles. The maximum Gasteiger partial charge on any atom is 0.389 e. The zero-order chi connectivity index (χ0) is 14.6. The van der Waals surface area contributed by atoms with Gasteiger partial charge < -0.3 is 5.32 Å². The van der Waals surface area contributed by atoms with E-state index in [1.54, 1.807) is 30.3 Å². The van der Waals surface area contributed by atoms with E-state index in [9.17, 15) is 13.2 Å². The minimum Gasteiger partial charge on any atom is -0.340 e. The number of nitrogens with one attached hydrogen (secondary N) is 1. The predicted octanol–water partition coefficient (Wildman–Crippen LogP) is 4.02. The van der Waals surface area contributed by atoms with Crippen molar-refractivity contribution in [3.05, 3.63) is 47.9 Å². The highest BCUT2D eigenvalue weighted by atomic mass is 19.4. The van der Waals surface area contributed by atoms with E-state index in [1.165, 1.54) is 6.33 Å². The lowest BCUT2D eigenvalue weighted by Crippen LogP contribution is -2.08. The Morgan fingerprint density at radius 3 is 2.65 bits per heavy atom. The van der Waals surface area contributed by atoms with Gasteiger partial charge >= 0.3 is 6.18 Å². The minimum absolute atomic E-state index is 0.0260. The van der Waals surface area contributed by atoms with Crippen molar-refractivity contribution in [2.45, 2.75) is 25.9 Å². The molecule has 0 atom stereocenters. The molecule has 106 valence electrons. The first-order chi connectivity index (χ1) is 9.42. The molecule has 20 heavy (non-hydrogen) atoms. The summed E-state index contributed by atoms with van der Waals surface area (Å²) in [7, 11) is 0. The summed E-state index contributed by atoms with van der Waals surface area (Å²) in [6.45, 7) is 1.84. The molecule has 2 aromatic rings. The van der Waals surface area contributed by atoms with Crippen LogP contribution in [0.4, 0.5) is 24.7 Å². The Hall–Kier alpha value is -2.11. The molecular weight excluding hydrogens is 267 g/mol. The maximum absolute atomic E-state index is 12.2. The van der Waals surface area contributed by atoms with Crippen molar-refractivity contribution in [3.63, 3.8) is 0 Å². The first-order valence-electron chi connectivity index (χ1n) is 6.14. The fourth-order valence-corrected chi connectivity index (χ4v) is 1.76. The van der Waals surface area contributed by atoms with E-state index < -0.39 is 12.6 Å². The van der Waals surface area contributed by atoms with Gasteiger partial charge in [-0.25, -0.2) is 9.97 Å². The Morgan fingerprint density at radius 1 is 1.15 bits per heavy atom. The van der Waals surface area contributed by atoms with Crippen LogP contribution in [0.1, 0.15) is 17.7 Å². The summed E-state index contributed by atoms with van der Waals surface area (Å²) in [5.41, 5.74) is 2.16. The third kappa shape index (κ3) is 4.53. The highest BCUT2D eigenvalue weighted by molar-refractivity contribution is 5.56. The molecule has 0 aliphatic carbocycles. The van der Waals surface area contributed by atoms with Gasteiger partial charge in [0.15, 0.2) is 0 Å². The minimum atomic E-state index is -4.13. The number of benzene rings is 1. The Morgan fingerprint density at radius 2 is 1.95 bits per heavy atom. The SMILES string of the molecule is Cc1cc(Nc2cccc(CCC(F)(F)F)c2)ncn1. The van der Waals surface area contributed by atoms with Gasteiger partial charge in [0.05, 0.1) is 0 Å². The van der Waals surface area contributed by atoms with E-state index >= 15 is 0 Å². The third-order valence-electron chi connectivity index (χ3n) is 2.70. The summed E-state index contributed by atoms with van der Waals surface area (Å²) in [5, 5.41) is 3.05. The van der Waals surface area contributed by atoms with E-state index in [2.05, 4.69) is 15.3 Å². The lowest BCUT2D eigenvalue weighted by molar-refractivity contribution is -0.133. The molecule has 6 heteroatoms. The second-order valence-corrected chi connectivity index (χ2v) is 4.49. The van der Waals surface area contributed by atoms with Gasteiger partial charge in [0.1, 0.15) is 12.1 Å². The van der Waals surface area contributed by atoms with E-state index in [-0.39, 0.29) is 6.42 Å². The van der Waals surface area contributed by atoms with Crippen LogP contribution in [-0.4, -0.2) is 16.1 Å². The van der Waals surface area contributed by atoms with Crippen LogP contribution in [0.3, 0.4) is 0 Å². The van der Waals surface area contributed by atoms with Crippen molar-refractivity contribution in [1.82, 2.24) is 9.97 Å². The molecule has 3 nitrogen and oxygen atoms in total. The summed E-state index contributed by atoms with van der Waals surface area (Å²) in [4.78, 5) is 8.03. The van der Waals surface area contributed by atoms with Gasteiger partial charge in [0, 0.05) is 23.9 Å². The molecule has 0 radical (unpaired) electrons. The number of nitrogens with zero attached hydrogens (tertiary/aromatic N) is 2. The summed E-state index contributed by atoms with van der Waals surface area (Å²) in [6.07, 6.45) is -3.54. The second-order valence-electron chi connectivity index (χ2n) is 4.49. The zero-order valence-electron chi connectivity index (χ0n) is 10.9. The van der Waals surface area contributed by atoms with Gasteiger partial charge in [0.2, 0.25) is 0 Å². The fourth-order valence-electron chi connectivity index (χ4n) is 1.76. The standard InChI is InChI=1S/C14H14F3N3/c1-10-7-13(19-9-18-10)20-12-4-2-3-11(8-12)5-6-14(15,16)17/h2-4,7-9H,5-6H2,1H3,(H,18,19,20). The van der Waals surface area contributed by atoms with E-state index in [0.29, 0.717) is 17.1 Å². The molecule has 0 unspecified atom stereocenters. The molecule has 2 rings (SSSR count). The number of aryl methyl sites for hydroxylation is 2. The first kappa shape index (κ1) is 14.3. The van der Waals surface area contributed by atoms with Crippen molar-refractivity contribution in [2.75, 3.05) is 5.32 Å². The quantitative estimate of drug-likeness (QED) is 0.919. The normalized spacial score (nSPS) is 11.4. The molecule has 1 heterocycles. The van der Waals surface area contributed by atoms with E-state index in [0.717, 1.165) is 5.69 Å². The summed E-state index contributed by atoms with van der Waals surface area (Å²) >= 11 is 0. The maximum atomic E-state index is 12.2. The molecule has 0 saturated heterocycles. The molecule has 0 saturated carbocycles. The molecule has 0 amide bonds. The van der Waals surface area contributed by atoms with Gasteiger partial charge in [-0.05, 0) is 31.0 Å². The van der Waals surface area contributed by atoms with Crippen LogP contribution in [-0.2, 0) is 6.42 Å². The van der Waals surface area contributed by atoms with Gasteiger partial charge in [-0.15, -0.1) is 0 Å². The Kier molecular flexibility index (Phi) is 4.22. The van der Waals surface area contributed by atoms with Crippen LogP contribution in [0.2, 0.25) is 0 Å². The van der Waals surface area contributed by atoms with Crippen LogP contribution in [0.5, 0.6) is 0 Å². The average molecular weight is 281 g/mol. The molecule has 0 aliphatic heterocycles. The first-order valence-corrected chi connectivity index (χ1v) is 6.14. The number of anilines is 2.